The summed E-state index contributed by atoms with van der Waals surface area (Å²) in [4.78, 5) is 0. The van der Waals surface area contributed by atoms with E-state index < -0.39 is 10.2 Å². The summed E-state index contributed by atoms with van der Waals surface area (Å²) in [6.45, 7) is 1.95. The average Bonchev–Trinajstić information content (AvgIpc) is 2.02. The smallest absolute Gasteiger partial charge is 0.271 e. The lowest BCUT2D eigenvalue weighted by molar-refractivity contribution is 0.603. The molecule has 0 heterocycles. The third-order valence-electron chi connectivity index (χ3n) is 1.65. The molecule has 4 nitrogen and oxygen atoms in total. The maximum absolute atomic E-state index is 10.7. The van der Waals surface area contributed by atoms with E-state index in [1.54, 1.807) is 12.1 Å². The molecule has 0 unspecified atom stereocenters. The van der Waals surface area contributed by atoms with Gasteiger partial charge in [-0.2, -0.15) is 8.42 Å². The molecule has 0 atom stereocenters. The quantitative estimate of drug-likeness (QED) is 0.759. The van der Waals surface area contributed by atoms with E-state index in [1.165, 1.54) is 0 Å². The van der Waals surface area contributed by atoms with Crippen molar-refractivity contribution in [2.24, 2.45) is 5.14 Å². The normalized spacial score (nSPS) is 11.2. The number of hydrogen-bond acceptors (Lipinski definition) is 2. The lowest BCUT2D eigenvalue weighted by Gasteiger charge is -2.07. The van der Waals surface area contributed by atoms with Gasteiger partial charge in [-0.1, -0.05) is 25.1 Å². The Morgan fingerprint density at radius 2 is 2.00 bits per heavy atom. The molecule has 3 N–H and O–H groups in total. The highest BCUT2D eigenvalue weighted by Gasteiger charge is 2.04. The van der Waals surface area contributed by atoms with Gasteiger partial charge in [-0.25, -0.2) is 5.14 Å². The van der Waals surface area contributed by atoms with Crippen LogP contribution in [0.2, 0.25) is 0 Å². The van der Waals surface area contributed by atoms with Gasteiger partial charge in [0.15, 0.2) is 0 Å². The number of para-hydroxylation sites is 1. The number of benzene rings is 1. The van der Waals surface area contributed by atoms with Gasteiger partial charge >= 0.3 is 0 Å². The Labute approximate surface area is 77.9 Å². The maximum Gasteiger partial charge on any atom is 0.296 e. The Kier molecular flexibility index (Phi) is 2.90. The van der Waals surface area contributed by atoms with Crippen LogP contribution in [0.5, 0.6) is 0 Å². The number of aryl methyl sites for hydroxylation is 1. The van der Waals surface area contributed by atoms with Crippen molar-refractivity contribution in [1.29, 1.82) is 0 Å². The first-order valence-electron chi connectivity index (χ1n) is 3.91. The third kappa shape index (κ3) is 3.04. The Morgan fingerprint density at radius 1 is 1.38 bits per heavy atom. The molecule has 0 fully saturated rings. The molecule has 1 aromatic rings. The molecule has 5 heteroatoms. The molecule has 0 radical (unpaired) electrons. The largest absolute Gasteiger partial charge is 0.296 e. The highest BCUT2D eigenvalue weighted by Crippen LogP contribution is 2.15. The summed E-state index contributed by atoms with van der Waals surface area (Å²) in [5.41, 5.74) is 1.48. The second-order valence-electron chi connectivity index (χ2n) is 2.66. The minimum atomic E-state index is -3.66. The molecule has 0 aliphatic rings. The highest BCUT2D eigenvalue weighted by atomic mass is 32.2. The molecule has 0 aliphatic heterocycles. The van der Waals surface area contributed by atoms with Crippen LogP contribution in [0, 0.1) is 0 Å². The van der Waals surface area contributed by atoms with Gasteiger partial charge in [0.25, 0.3) is 10.2 Å². The molecular weight excluding hydrogens is 188 g/mol. The molecule has 0 amide bonds. The van der Waals surface area contributed by atoms with Crippen LogP contribution in [-0.4, -0.2) is 8.42 Å². The minimum absolute atomic E-state index is 0.549. The number of anilines is 1. The van der Waals surface area contributed by atoms with Crippen LogP contribution in [0.1, 0.15) is 12.5 Å². The summed E-state index contributed by atoms with van der Waals surface area (Å²) in [7, 11) is -3.66. The predicted molar refractivity (Wildman–Crippen MR) is 52.5 cm³/mol. The van der Waals surface area contributed by atoms with E-state index in [0.29, 0.717) is 5.69 Å². The maximum atomic E-state index is 10.7. The molecule has 0 saturated carbocycles. The molecular formula is C8H12N2O2S. The van der Waals surface area contributed by atoms with Crippen LogP contribution < -0.4 is 9.86 Å². The second-order valence-corrected chi connectivity index (χ2v) is 3.95. The van der Waals surface area contributed by atoms with Crippen molar-refractivity contribution in [2.45, 2.75) is 13.3 Å². The van der Waals surface area contributed by atoms with E-state index in [9.17, 15) is 8.42 Å². The Hall–Kier alpha value is -1.07. The van der Waals surface area contributed by atoms with Gasteiger partial charge in [0.1, 0.15) is 0 Å². The van der Waals surface area contributed by atoms with Gasteiger partial charge in [0, 0.05) is 0 Å². The lowest BCUT2D eigenvalue weighted by Crippen LogP contribution is -2.22. The predicted octanol–water partition coefficient (Wildman–Crippen LogP) is 0.864. The Bertz CT molecular complexity index is 387. The van der Waals surface area contributed by atoms with Crippen LogP contribution in [0.25, 0.3) is 0 Å². The van der Waals surface area contributed by atoms with Crippen molar-refractivity contribution in [2.75, 3.05) is 4.72 Å². The lowest BCUT2D eigenvalue weighted by atomic mass is 10.1. The first kappa shape index (κ1) is 10.0. The summed E-state index contributed by atoms with van der Waals surface area (Å²) >= 11 is 0. The fourth-order valence-electron chi connectivity index (χ4n) is 1.08. The van der Waals surface area contributed by atoms with E-state index in [0.717, 1.165) is 12.0 Å². The van der Waals surface area contributed by atoms with E-state index >= 15 is 0 Å². The van der Waals surface area contributed by atoms with Gasteiger partial charge in [0.2, 0.25) is 0 Å². The summed E-state index contributed by atoms with van der Waals surface area (Å²) in [6, 6.07) is 7.15. The van der Waals surface area contributed by atoms with Gasteiger partial charge < -0.3 is 0 Å². The van der Waals surface area contributed by atoms with Crippen molar-refractivity contribution < 1.29 is 8.42 Å². The molecule has 1 aromatic carbocycles. The van der Waals surface area contributed by atoms with E-state index in [-0.39, 0.29) is 0 Å². The number of hydrogen-bond donors (Lipinski definition) is 2. The van der Waals surface area contributed by atoms with Crippen molar-refractivity contribution in [3.8, 4) is 0 Å². The summed E-state index contributed by atoms with van der Waals surface area (Å²) in [5, 5.41) is 4.85. The van der Waals surface area contributed by atoms with Gasteiger partial charge in [0.05, 0.1) is 5.69 Å². The molecule has 0 spiro atoms. The fraction of sp³-hybridized carbons (Fsp3) is 0.250. The standard InChI is InChI=1S/C8H12N2O2S/c1-2-7-5-3-4-6-8(7)10-13(9,11)12/h3-6,10H,2H2,1H3,(H2,9,11,12). The third-order valence-corrected chi connectivity index (χ3v) is 2.15. The Balaban J connectivity index is 3.01. The first-order valence-corrected chi connectivity index (χ1v) is 5.46. The van der Waals surface area contributed by atoms with Gasteiger partial charge in [-0.3, -0.25) is 4.72 Å². The zero-order valence-corrected chi connectivity index (χ0v) is 8.14. The van der Waals surface area contributed by atoms with Gasteiger partial charge in [-0.15, -0.1) is 0 Å². The molecule has 1 rings (SSSR count). The van der Waals surface area contributed by atoms with E-state index in [2.05, 4.69) is 4.72 Å². The number of rotatable bonds is 3. The fourth-order valence-corrected chi connectivity index (χ4v) is 1.59. The van der Waals surface area contributed by atoms with Gasteiger partial charge in [-0.05, 0) is 18.1 Å². The topological polar surface area (TPSA) is 72.2 Å². The van der Waals surface area contributed by atoms with E-state index in [1.807, 2.05) is 19.1 Å². The van der Waals surface area contributed by atoms with Crippen LogP contribution in [0.4, 0.5) is 5.69 Å². The van der Waals surface area contributed by atoms with E-state index in [4.69, 9.17) is 5.14 Å². The monoisotopic (exact) mass is 200 g/mol. The zero-order chi connectivity index (χ0) is 9.90. The first-order chi connectivity index (χ1) is 6.03. The Morgan fingerprint density at radius 3 is 2.54 bits per heavy atom. The van der Waals surface area contributed by atoms with Crippen LogP contribution in [-0.2, 0) is 16.6 Å². The van der Waals surface area contributed by atoms with Crippen LogP contribution >= 0.6 is 0 Å². The van der Waals surface area contributed by atoms with Crippen LogP contribution in [0.3, 0.4) is 0 Å². The zero-order valence-electron chi connectivity index (χ0n) is 7.32. The number of nitrogens with one attached hydrogen (secondary N) is 1. The van der Waals surface area contributed by atoms with Crippen LogP contribution in [0.15, 0.2) is 24.3 Å². The van der Waals surface area contributed by atoms with Crippen molar-refractivity contribution in [3.05, 3.63) is 29.8 Å². The SMILES string of the molecule is CCc1ccccc1NS(N)(=O)=O. The molecule has 0 aromatic heterocycles. The molecule has 72 valence electrons. The molecule has 0 saturated heterocycles. The number of nitrogens with two attached hydrogens (primary N) is 1. The highest BCUT2D eigenvalue weighted by molar-refractivity contribution is 7.90. The summed E-state index contributed by atoms with van der Waals surface area (Å²) < 4.78 is 23.7. The summed E-state index contributed by atoms with van der Waals surface area (Å²) in [6.07, 6.45) is 0.763. The van der Waals surface area contributed by atoms with Crippen molar-refractivity contribution in [1.82, 2.24) is 0 Å². The molecule has 13 heavy (non-hydrogen) atoms. The van der Waals surface area contributed by atoms with Crippen molar-refractivity contribution >= 4 is 15.9 Å². The molecule has 0 bridgehead atoms. The summed E-state index contributed by atoms with van der Waals surface area (Å²) in [5.74, 6) is 0. The molecule has 0 aliphatic carbocycles. The van der Waals surface area contributed by atoms with Crippen molar-refractivity contribution in [3.63, 3.8) is 0 Å². The minimum Gasteiger partial charge on any atom is -0.271 e. The second kappa shape index (κ2) is 3.76. The average molecular weight is 200 g/mol.